The zero-order valence-electron chi connectivity index (χ0n) is 21.3. The largest absolute Gasteiger partial charge is 0.465 e. The van der Waals surface area contributed by atoms with E-state index in [1.165, 1.54) is 77.0 Å². The van der Waals surface area contributed by atoms with Gasteiger partial charge in [-0.15, -0.1) is 0 Å². The monoisotopic (exact) mass is 452 g/mol. The molecule has 1 fully saturated rings. The molecular formula is C28H52O4. The van der Waals surface area contributed by atoms with Crippen LogP contribution in [0.2, 0.25) is 0 Å². The molecule has 0 aromatic carbocycles. The van der Waals surface area contributed by atoms with Gasteiger partial charge in [-0.2, -0.15) is 0 Å². The molecule has 32 heavy (non-hydrogen) atoms. The van der Waals surface area contributed by atoms with Crippen molar-refractivity contribution in [2.45, 2.75) is 142 Å². The number of carbonyl (C=O) groups excluding carboxylic acids is 2. The molecule has 0 bridgehead atoms. The first-order valence-corrected chi connectivity index (χ1v) is 14.0. The van der Waals surface area contributed by atoms with E-state index in [9.17, 15) is 9.59 Å². The van der Waals surface area contributed by atoms with E-state index < -0.39 is 0 Å². The number of rotatable bonds is 20. The van der Waals surface area contributed by atoms with Crippen LogP contribution in [0.3, 0.4) is 0 Å². The van der Waals surface area contributed by atoms with Crippen LogP contribution in [0.1, 0.15) is 142 Å². The van der Waals surface area contributed by atoms with Gasteiger partial charge in [-0.1, -0.05) is 110 Å². The fourth-order valence-electron chi connectivity index (χ4n) is 4.67. The van der Waals surface area contributed by atoms with Gasteiger partial charge in [0, 0.05) is 0 Å². The first-order valence-electron chi connectivity index (χ1n) is 14.0. The molecule has 0 spiro atoms. The minimum atomic E-state index is -0.126. The highest BCUT2D eigenvalue weighted by Gasteiger charge is 2.32. The molecule has 0 aromatic rings. The van der Waals surface area contributed by atoms with Gasteiger partial charge in [-0.3, -0.25) is 9.59 Å². The maximum absolute atomic E-state index is 12.4. The molecule has 0 N–H and O–H groups in total. The normalized spacial score (nSPS) is 18.4. The van der Waals surface area contributed by atoms with Crippen molar-refractivity contribution < 1.29 is 19.1 Å². The molecule has 0 saturated heterocycles. The molecule has 2 unspecified atom stereocenters. The number of unbranched alkanes of at least 4 members (excludes halogenated alkanes) is 14. The Hall–Kier alpha value is -1.06. The molecule has 0 amide bonds. The maximum atomic E-state index is 12.4. The van der Waals surface area contributed by atoms with E-state index in [1.54, 1.807) is 0 Å². The topological polar surface area (TPSA) is 52.6 Å². The van der Waals surface area contributed by atoms with E-state index in [4.69, 9.17) is 9.47 Å². The molecule has 1 aliphatic rings. The van der Waals surface area contributed by atoms with Crippen molar-refractivity contribution in [2.24, 2.45) is 11.8 Å². The second-order valence-corrected chi connectivity index (χ2v) is 9.85. The Morgan fingerprint density at radius 1 is 0.562 bits per heavy atom. The van der Waals surface area contributed by atoms with Crippen molar-refractivity contribution in [1.29, 1.82) is 0 Å². The summed E-state index contributed by atoms with van der Waals surface area (Å²) in [6, 6.07) is 0. The Morgan fingerprint density at radius 2 is 0.906 bits per heavy atom. The summed E-state index contributed by atoms with van der Waals surface area (Å²) in [5, 5.41) is 0. The molecule has 0 heterocycles. The van der Waals surface area contributed by atoms with E-state index in [-0.39, 0.29) is 23.8 Å². The average Bonchev–Trinajstić information content (AvgIpc) is 2.81. The molecular weight excluding hydrogens is 400 g/mol. The van der Waals surface area contributed by atoms with E-state index >= 15 is 0 Å². The second kappa shape index (κ2) is 20.5. The lowest BCUT2D eigenvalue weighted by Gasteiger charge is -2.26. The van der Waals surface area contributed by atoms with Crippen LogP contribution in [0.15, 0.2) is 0 Å². The van der Waals surface area contributed by atoms with Gasteiger partial charge in [0.2, 0.25) is 0 Å². The van der Waals surface area contributed by atoms with Crippen molar-refractivity contribution in [3.05, 3.63) is 0 Å². The third-order valence-electron chi connectivity index (χ3n) is 6.83. The highest BCUT2D eigenvalue weighted by atomic mass is 16.5. The van der Waals surface area contributed by atoms with Gasteiger partial charge in [0.15, 0.2) is 0 Å². The number of esters is 2. The summed E-state index contributed by atoms with van der Waals surface area (Å²) < 4.78 is 11.0. The zero-order chi connectivity index (χ0) is 23.3. The lowest BCUT2D eigenvalue weighted by Crippen LogP contribution is -2.30. The predicted molar refractivity (Wildman–Crippen MR) is 133 cm³/mol. The molecule has 1 saturated carbocycles. The molecule has 1 aliphatic carbocycles. The van der Waals surface area contributed by atoms with Crippen LogP contribution in [0.25, 0.3) is 0 Å². The van der Waals surface area contributed by atoms with Gasteiger partial charge in [0.1, 0.15) is 0 Å². The minimum absolute atomic E-state index is 0.103. The van der Waals surface area contributed by atoms with Crippen molar-refractivity contribution >= 4 is 11.9 Å². The maximum Gasteiger partial charge on any atom is 0.308 e. The van der Waals surface area contributed by atoms with Crippen LogP contribution in [-0.2, 0) is 19.1 Å². The minimum Gasteiger partial charge on any atom is -0.465 e. The van der Waals surface area contributed by atoms with Gasteiger partial charge < -0.3 is 9.47 Å². The van der Waals surface area contributed by atoms with Crippen LogP contribution in [0.5, 0.6) is 0 Å². The SMILES string of the molecule is CCCCCCCCCCCCCOC(=O)C1CCCC(C(=O)OCCCCCCC)C1. The molecule has 1 rings (SSSR count). The summed E-state index contributed by atoms with van der Waals surface area (Å²) in [5.74, 6) is -0.463. The third kappa shape index (κ3) is 14.9. The van der Waals surface area contributed by atoms with Gasteiger partial charge in [-0.05, 0) is 32.1 Å². The summed E-state index contributed by atoms with van der Waals surface area (Å²) in [6.07, 6.45) is 23.2. The summed E-state index contributed by atoms with van der Waals surface area (Å²) in [6.45, 7) is 5.51. The molecule has 188 valence electrons. The van der Waals surface area contributed by atoms with Crippen LogP contribution in [0.4, 0.5) is 0 Å². The van der Waals surface area contributed by atoms with E-state index in [2.05, 4.69) is 13.8 Å². The zero-order valence-corrected chi connectivity index (χ0v) is 21.3. The lowest BCUT2D eigenvalue weighted by molar-refractivity contribution is -0.155. The van der Waals surface area contributed by atoms with Crippen LogP contribution >= 0.6 is 0 Å². The summed E-state index contributed by atoms with van der Waals surface area (Å²) >= 11 is 0. The molecule has 4 heteroatoms. The van der Waals surface area contributed by atoms with Gasteiger partial charge in [0.25, 0.3) is 0 Å². The standard InChI is InChI=1S/C28H52O4/c1-3-5-7-9-10-11-12-13-14-16-18-23-32-28(30)26-21-19-20-25(24-26)27(29)31-22-17-15-8-6-4-2/h25-26H,3-24H2,1-2H3. The number of hydrogen-bond donors (Lipinski definition) is 0. The third-order valence-corrected chi connectivity index (χ3v) is 6.83. The van der Waals surface area contributed by atoms with E-state index in [0.29, 0.717) is 19.6 Å². The highest BCUT2D eigenvalue weighted by molar-refractivity contribution is 5.76. The van der Waals surface area contributed by atoms with Crippen LogP contribution in [0, 0.1) is 11.8 Å². The van der Waals surface area contributed by atoms with Crippen LogP contribution in [-0.4, -0.2) is 25.2 Å². The smallest absolute Gasteiger partial charge is 0.308 e. The highest BCUT2D eigenvalue weighted by Crippen LogP contribution is 2.31. The Balaban J connectivity index is 2.02. The van der Waals surface area contributed by atoms with Gasteiger partial charge in [-0.25, -0.2) is 0 Å². The molecule has 4 nitrogen and oxygen atoms in total. The first-order chi connectivity index (χ1) is 15.7. The van der Waals surface area contributed by atoms with Gasteiger partial charge >= 0.3 is 11.9 Å². The number of hydrogen-bond acceptors (Lipinski definition) is 4. The van der Waals surface area contributed by atoms with Crippen molar-refractivity contribution in [3.63, 3.8) is 0 Å². The molecule has 0 aromatic heterocycles. The second-order valence-electron chi connectivity index (χ2n) is 9.85. The Labute approximate surface area is 198 Å². The Bertz CT molecular complexity index is 462. The van der Waals surface area contributed by atoms with Crippen LogP contribution < -0.4 is 0 Å². The van der Waals surface area contributed by atoms with E-state index in [1.807, 2.05) is 0 Å². The predicted octanol–water partition coefficient (Wildman–Crippen LogP) is 8.16. The molecule has 0 aliphatic heterocycles. The quantitative estimate of drug-likeness (QED) is 0.138. The summed E-state index contributed by atoms with van der Waals surface area (Å²) in [5.41, 5.74) is 0. The van der Waals surface area contributed by atoms with E-state index in [0.717, 1.165) is 44.9 Å². The summed E-state index contributed by atoms with van der Waals surface area (Å²) in [4.78, 5) is 24.8. The average molecular weight is 453 g/mol. The van der Waals surface area contributed by atoms with Crippen molar-refractivity contribution in [3.8, 4) is 0 Å². The first kappa shape index (κ1) is 29.0. The fraction of sp³-hybridized carbons (Fsp3) is 0.929. The van der Waals surface area contributed by atoms with Crippen molar-refractivity contribution in [2.75, 3.05) is 13.2 Å². The Morgan fingerprint density at radius 3 is 1.28 bits per heavy atom. The fourth-order valence-corrected chi connectivity index (χ4v) is 4.67. The number of carbonyl (C=O) groups is 2. The van der Waals surface area contributed by atoms with Crippen molar-refractivity contribution in [1.82, 2.24) is 0 Å². The Kier molecular flexibility index (Phi) is 18.6. The molecule has 0 radical (unpaired) electrons. The summed E-state index contributed by atoms with van der Waals surface area (Å²) in [7, 11) is 0. The molecule has 2 atom stereocenters. The number of ether oxygens (including phenoxy) is 2. The van der Waals surface area contributed by atoms with Gasteiger partial charge in [0.05, 0.1) is 25.0 Å². The lowest BCUT2D eigenvalue weighted by atomic mass is 9.81.